The maximum absolute atomic E-state index is 13.3. The molecule has 0 N–H and O–H groups in total. The number of likely N-dealkylation sites (N-methyl/N-ethyl adjacent to an activating group) is 1. The molecule has 0 atom stereocenters. The van der Waals surface area contributed by atoms with Gasteiger partial charge in [0.1, 0.15) is 0 Å². The standard InChI is InChI=1S/C24H31BrN4O2/c1-17-15-22(18(2)29(17)21-6-4-5-20(25)16-21)24(31)27-9-7-19(8-10-27)23(30)28-13-11-26(3)12-14-28/h4-6,15-16,19H,7-14H2,1-3H3. The summed E-state index contributed by atoms with van der Waals surface area (Å²) in [5, 5.41) is 0. The van der Waals surface area contributed by atoms with Crippen LogP contribution in [0.15, 0.2) is 34.8 Å². The van der Waals surface area contributed by atoms with Crippen LogP contribution in [0.2, 0.25) is 0 Å². The van der Waals surface area contributed by atoms with E-state index in [1.807, 2.05) is 41.8 Å². The van der Waals surface area contributed by atoms with Crippen LogP contribution < -0.4 is 0 Å². The molecule has 0 saturated carbocycles. The van der Waals surface area contributed by atoms with Crippen LogP contribution in [0.25, 0.3) is 5.69 Å². The molecule has 2 saturated heterocycles. The van der Waals surface area contributed by atoms with Gasteiger partial charge in [-0.15, -0.1) is 0 Å². The summed E-state index contributed by atoms with van der Waals surface area (Å²) in [5.41, 5.74) is 3.79. The Balaban J connectivity index is 1.42. The topological polar surface area (TPSA) is 48.8 Å². The van der Waals surface area contributed by atoms with Crippen molar-refractivity contribution < 1.29 is 9.59 Å². The van der Waals surface area contributed by atoms with Crippen LogP contribution in [0, 0.1) is 19.8 Å². The summed E-state index contributed by atoms with van der Waals surface area (Å²) in [5.74, 6) is 0.384. The molecule has 6 nitrogen and oxygen atoms in total. The number of piperidine rings is 1. The van der Waals surface area contributed by atoms with Crippen molar-refractivity contribution >= 4 is 27.7 Å². The summed E-state index contributed by atoms with van der Waals surface area (Å²) in [6.45, 7) is 8.84. The highest BCUT2D eigenvalue weighted by Gasteiger charge is 2.32. The molecule has 4 rings (SSSR count). The fraction of sp³-hybridized carbons (Fsp3) is 0.500. The Labute approximate surface area is 192 Å². The summed E-state index contributed by atoms with van der Waals surface area (Å²) in [6.07, 6.45) is 1.50. The molecule has 2 aromatic rings. The van der Waals surface area contributed by atoms with Gasteiger partial charge in [-0.3, -0.25) is 9.59 Å². The number of nitrogens with zero attached hydrogens (tertiary/aromatic N) is 4. The zero-order valence-corrected chi connectivity index (χ0v) is 20.2. The number of amides is 2. The molecule has 0 spiro atoms. The van der Waals surface area contributed by atoms with Crippen LogP contribution in [0.4, 0.5) is 0 Å². The third-order valence-electron chi connectivity index (χ3n) is 6.67. The third-order valence-corrected chi connectivity index (χ3v) is 7.17. The number of carbonyl (C=O) groups excluding carboxylic acids is 2. The van der Waals surface area contributed by atoms with Gasteiger partial charge in [-0.1, -0.05) is 22.0 Å². The van der Waals surface area contributed by atoms with E-state index in [1.54, 1.807) is 0 Å². The number of piperazine rings is 1. The highest BCUT2D eigenvalue weighted by molar-refractivity contribution is 9.10. The molecule has 0 unspecified atom stereocenters. The monoisotopic (exact) mass is 486 g/mol. The SMILES string of the molecule is Cc1cc(C(=O)N2CCC(C(=O)N3CCN(C)CC3)CC2)c(C)n1-c1cccc(Br)c1. The van der Waals surface area contributed by atoms with Crippen molar-refractivity contribution in [1.82, 2.24) is 19.3 Å². The Morgan fingerprint density at radius 2 is 1.61 bits per heavy atom. The van der Waals surface area contributed by atoms with Crippen molar-refractivity contribution in [3.05, 3.63) is 51.8 Å². The molecular weight excluding hydrogens is 456 g/mol. The molecule has 166 valence electrons. The Hall–Kier alpha value is -2.12. The number of aryl methyl sites for hydroxylation is 1. The summed E-state index contributed by atoms with van der Waals surface area (Å²) < 4.78 is 3.14. The average Bonchev–Trinajstić information content (AvgIpc) is 3.07. The second kappa shape index (κ2) is 9.17. The predicted molar refractivity (Wildman–Crippen MR) is 126 cm³/mol. The second-order valence-corrected chi connectivity index (χ2v) is 9.71. The van der Waals surface area contributed by atoms with Crippen LogP contribution >= 0.6 is 15.9 Å². The highest BCUT2D eigenvalue weighted by atomic mass is 79.9. The van der Waals surface area contributed by atoms with Crippen LogP contribution in [-0.2, 0) is 4.79 Å². The van der Waals surface area contributed by atoms with Crippen molar-refractivity contribution in [1.29, 1.82) is 0 Å². The number of rotatable bonds is 3. The average molecular weight is 487 g/mol. The molecule has 2 amide bonds. The van der Waals surface area contributed by atoms with E-state index >= 15 is 0 Å². The number of likely N-dealkylation sites (tertiary alicyclic amines) is 1. The molecule has 2 fully saturated rings. The van der Waals surface area contributed by atoms with E-state index in [0.717, 1.165) is 66.1 Å². The van der Waals surface area contributed by atoms with Gasteiger partial charge in [0.2, 0.25) is 5.91 Å². The van der Waals surface area contributed by atoms with Gasteiger partial charge < -0.3 is 19.3 Å². The number of carbonyl (C=O) groups is 2. The van der Waals surface area contributed by atoms with Crippen molar-refractivity contribution in [3.8, 4) is 5.69 Å². The number of hydrogen-bond donors (Lipinski definition) is 0. The van der Waals surface area contributed by atoms with Gasteiger partial charge in [0.15, 0.2) is 0 Å². The fourth-order valence-corrected chi connectivity index (χ4v) is 5.16. The molecule has 1 aromatic carbocycles. The lowest BCUT2D eigenvalue weighted by molar-refractivity contribution is -0.138. The summed E-state index contributed by atoms with van der Waals surface area (Å²) in [7, 11) is 2.10. The molecule has 31 heavy (non-hydrogen) atoms. The number of benzene rings is 1. The summed E-state index contributed by atoms with van der Waals surface area (Å²) in [6, 6.07) is 10.1. The Morgan fingerprint density at radius 3 is 2.26 bits per heavy atom. The van der Waals surface area contributed by atoms with Crippen LogP contribution in [0.1, 0.15) is 34.6 Å². The zero-order valence-electron chi connectivity index (χ0n) is 18.6. The molecule has 2 aliphatic heterocycles. The summed E-state index contributed by atoms with van der Waals surface area (Å²) in [4.78, 5) is 32.4. The van der Waals surface area contributed by atoms with Gasteiger partial charge in [-0.2, -0.15) is 0 Å². The van der Waals surface area contributed by atoms with Gasteiger partial charge >= 0.3 is 0 Å². The van der Waals surface area contributed by atoms with Crippen molar-refractivity contribution in [2.45, 2.75) is 26.7 Å². The van der Waals surface area contributed by atoms with E-state index in [-0.39, 0.29) is 17.7 Å². The van der Waals surface area contributed by atoms with Gasteiger partial charge in [-0.05, 0) is 58.0 Å². The minimum absolute atomic E-state index is 0.0431. The van der Waals surface area contributed by atoms with E-state index in [1.165, 1.54) is 0 Å². The third kappa shape index (κ3) is 4.58. The number of aromatic nitrogens is 1. The molecule has 7 heteroatoms. The second-order valence-electron chi connectivity index (χ2n) is 8.80. The molecule has 3 heterocycles. The molecule has 0 radical (unpaired) electrons. The van der Waals surface area contributed by atoms with Gasteiger partial charge in [0, 0.05) is 66.7 Å². The predicted octanol–water partition coefficient (Wildman–Crippen LogP) is 3.48. The number of hydrogen-bond acceptors (Lipinski definition) is 3. The minimum atomic E-state index is 0.0431. The van der Waals surface area contributed by atoms with E-state index in [2.05, 4.69) is 44.6 Å². The lowest BCUT2D eigenvalue weighted by Gasteiger charge is -2.37. The van der Waals surface area contributed by atoms with Gasteiger partial charge in [0.05, 0.1) is 5.56 Å². The van der Waals surface area contributed by atoms with Crippen molar-refractivity contribution in [3.63, 3.8) is 0 Å². The smallest absolute Gasteiger partial charge is 0.255 e. The highest BCUT2D eigenvalue weighted by Crippen LogP contribution is 2.26. The van der Waals surface area contributed by atoms with Crippen LogP contribution in [0.3, 0.4) is 0 Å². The zero-order chi connectivity index (χ0) is 22.1. The first-order valence-corrected chi connectivity index (χ1v) is 11.9. The quantitative estimate of drug-likeness (QED) is 0.666. The maximum atomic E-state index is 13.3. The molecule has 1 aromatic heterocycles. The fourth-order valence-electron chi connectivity index (χ4n) is 4.78. The molecule has 2 aliphatic rings. The van der Waals surface area contributed by atoms with Crippen LogP contribution in [-0.4, -0.2) is 77.4 Å². The first kappa shape index (κ1) is 22.1. The largest absolute Gasteiger partial charge is 0.340 e. The first-order chi connectivity index (χ1) is 14.8. The van der Waals surface area contributed by atoms with Crippen molar-refractivity contribution in [2.75, 3.05) is 46.3 Å². The van der Waals surface area contributed by atoms with E-state index < -0.39 is 0 Å². The van der Waals surface area contributed by atoms with Crippen LogP contribution in [0.5, 0.6) is 0 Å². The molecule has 0 aliphatic carbocycles. The molecular formula is C24H31BrN4O2. The lowest BCUT2D eigenvalue weighted by Crippen LogP contribution is -2.51. The van der Waals surface area contributed by atoms with Crippen molar-refractivity contribution in [2.24, 2.45) is 5.92 Å². The minimum Gasteiger partial charge on any atom is -0.340 e. The Bertz CT molecular complexity index is 970. The Morgan fingerprint density at radius 1 is 0.935 bits per heavy atom. The normalized spacial score (nSPS) is 18.5. The summed E-state index contributed by atoms with van der Waals surface area (Å²) >= 11 is 3.53. The van der Waals surface area contributed by atoms with E-state index in [0.29, 0.717) is 13.1 Å². The Kier molecular flexibility index (Phi) is 6.53. The van der Waals surface area contributed by atoms with Gasteiger partial charge in [-0.25, -0.2) is 0 Å². The van der Waals surface area contributed by atoms with Gasteiger partial charge in [0.25, 0.3) is 5.91 Å². The number of halogens is 1. The van der Waals surface area contributed by atoms with E-state index in [4.69, 9.17) is 0 Å². The lowest BCUT2D eigenvalue weighted by atomic mass is 9.94. The van der Waals surface area contributed by atoms with E-state index in [9.17, 15) is 9.59 Å². The maximum Gasteiger partial charge on any atom is 0.255 e. The first-order valence-electron chi connectivity index (χ1n) is 11.1. The molecule has 0 bridgehead atoms.